The van der Waals surface area contributed by atoms with Crippen molar-refractivity contribution < 1.29 is 35.9 Å². The van der Waals surface area contributed by atoms with Gasteiger partial charge in [-0.3, -0.25) is 20.4 Å². The van der Waals surface area contributed by atoms with Crippen molar-refractivity contribution >= 4 is 33.4 Å². The van der Waals surface area contributed by atoms with Gasteiger partial charge in [0.05, 0.1) is 22.0 Å². The molecule has 190 valence electrons. The first kappa shape index (κ1) is 27.0. The van der Waals surface area contributed by atoms with Crippen molar-refractivity contribution in [2.75, 3.05) is 13.2 Å². The van der Waals surface area contributed by atoms with Gasteiger partial charge in [-0.05, 0) is 29.8 Å². The molecule has 0 aliphatic heterocycles. The van der Waals surface area contributed by atoms with E-state index in [9.17, 15) is 31.2 Å². The predicted molar refractivity (Wildman–Crippen MR) is 125 cm³/mol. The summed E-state index contributed by atoms with van der Waals surface area (Å²) < 4.78 is 70.8. The Hall–Kier alpha value is -3.61. The lowest BCUT2D eigenvalue weighted by Gasteiger charge is -2.13. The molecule has 0 saturated carbocycles. The van der Waals surface area contributed by atoms with Crippen LogP contribution in [0.4, 0.5) is 13.2 Å². The molecule has 3 aromatic carbocycles. The van der Waals surface area contributed by atoms with E-state index >= 15 is 0 Å². The quantitative estimate of drug-likeness (QED) is 0.378. The lowest BCUT2D eigenvalue weighted by Crippen LogP contribution is -2.47. The SMILES string of the molecule is O=C(CNS(=O)(=O)c1ccc(Cl)c(C(F)(F)F)c1)NNC(=O)COc1ccccc1-c1ccccc1. The minimum absolute atomic E-state index is 0.356. The standard InChI is InChI=1S/C23H19ClF3N3O5S/c24-19-11-10-16(12-18(19)23(25,26)27)36(33,34)28-13-21(31)29-30-22(32)14-35-20-9-5-4-8-17(20)15-6-2-1-3-7-15/h1-12,28H,13-14H2,(H,29,31)(H,30,32). The molecule has 0 aliphatic rings. The minimum atomic E-state index is -4.87. The van der Waals surface area contributed by atoms with E-state index in [0.717, 1.165) is 23.3 Å². The van der Waals surface area contributed by atoms with E-state index in [4.69, 9.17) is 16.3 Å². The zero-order valence-corrected chi connectivity index (χ0v) is 19.9. The second kappa shape index (κ2) is 11.4. The van der Waals surface area contributed by atoms with Gasteiger partial charge in [-0.25, -0.2) is 13.1 Å². The van der Waals surface area contributed by atoms with E-state index in [0.29, 0.717) is 11.8 Å². The van der Waals surface area contributed by atoms with Gasteiger partial charge in [0.2, 0.25) is 10.0 Å². The number of carbonyl (C=O) groups excluding carboxylic acids is 2. The van der Waals surface area contributed by atoms with Crippen LogP contribution in [0.5, 0.6) is 5.75 Å². The van der Waals surface area contributed by atoms with Gasteiger partial charge < -0.3 is 4.74 Å². The van der Waals surface area contributed by atoms with Crippen molar-refractivity contribution in [2.24, 2.45) is 0 Å². The van der Waals surface area contributed by atoms with Crippen molar-refractivity contribution in [1.29, 1.82) is 0 Å². The maximum atomic E-state index is 13.0. The van der Waals surface area contributed by atoms with Crippen LogP contribution in [-0.4, -0.2) is 33.4 Å². The van der Waals surface area contributed by atoms with Crippen molar-refractivity contribution in [3.63, 3.8) is 0 Å². The minimum Gasteiger partial charge on any atom is -0.483 e. The Morgan fingerprint density at radius 1 is 0.889 bits per heavy atom. The second-order valence-electron chi connectivity index (χ2n) is 7.21. The number of hydrazine groups is 1. The molecule has 36 heavy (non-hydrogen) atoms. The summed E-state index contributed by atoms with van der Waals surface area (Å²) in [6, 6.07) is 18.3. The van der Waals surface area contributed by atoms with Crippen molar-refractivity contribution in [2.45, 2.75) is 11.1 Å². The molecule has 0 bridgehead atoms. The zero-order valence-electron chi connectivity index (χ0n) is 18.3. The third kappa shape index (κ3) is 7.20. The van der Waals surface area contributed by atoms with Gasteiger partial charge in [-0.15, -0.1) is 0 Å². The normalized spacial score (nSPS) is 11.6. The number of para-hydroxylation sites is 1. The van der Waals surface area contributed by atoms with E-state index in [1.54, 1.807) is 12.1 Å². The van der Waals surface area contributed by atoms with Crippen LogP contribution in [0.15, 0.2) is 77.7 Å². The van der Waals surface area contributed by atoms with E-state index in [-0.39, 0.29) is 0 Å². The molecule has 13 heteroatoms. The number of benzene rings is 3. The number of hydrogen-bond acceptors (Lipinski definition) is 5. The molecule has 0 heterocycles. The summed E-state index contributed by atoms with van der Waals surface area (Å²) >= 11 is 5.48. The average molecular weight is 542 g/mol. The molecule has 0 atom stereocenters. The van der Waals surface area contributed by atoms with Crippen molar-refractivity contribution in [3.05, 3.63) is 83.4 Å². The number of ether oxygens (including phenoxy) is 1. The van der Waals surface area contributed by atoms with Crippen LogP contribution in [0.3, 0.4) is 0 Å². The molecule has 0 aliphatic carbocycles. The molecule has 0 spiro atoms. The maximum Gasteiger partial charge on any atom is 0.417 e. The highest BCUT2D eigenvalue weighted by Gasteiger charge is 2.34. The summed E-state index contributed by atoms with van der Waals surface area (Å²) in [5, 5.41) is -0.671. The van der Waals surface area contributed by atoms with Gasteiger partial charge in [0, 0.05) is 5.56 Å². The van der Waals surface area contributed by atoms with E-state index in [2.05, 4.69) is 5.43 Å². The highest BCUT2D eigenvalue weighted by Crippen LogP contribution is 2.36. The molecule has 3 N–H and O–H groups in total. The molecule has 3 aromatic rings. The number of carbonyl (C=O) groups is 2. The summed E-state index contributed by atoms with van der Waals surface area (Å²) in [7, 11) is -4.48. The van der Waals surface area contributed by atoms with Crippen molar-refractivity contribution in [1.82, 2.24) is 15.6 Å². The molecule has 0 saturated heterocycles. The van der Waals surface area contributed by atoms with Gasteiger partial charge in [0.1, 0.15) is 5.75 Å². The topological polar surface area (TPSA) is 114 Å². The van der Waals surface area contributed by atoms with Crippen LogP contribution < -0.4 is 20.3 Å². The smallest absolute Gasteiger partial charge is 0.417 e. The summed E-state index contributed by atoms with van der Waals surface area (Å²) in [5.74, 6) is -1.28. The fourth-order valence-corrected chi connectivity index (χ4v) is 4.18. The lowest BCUT2D eigenvalue weighted by molar-refractivity contribution is -0.137. The van der Waals surface area contributed by atoms with Crippen LogP contribution >= 0.6 is 11.6 Å². The van der Waals surface area contributed by atoms with Gasteiger partial charge in [-0.1, -0.05) is 60.1 Å². The Morgan fingerprint density at radius 3 is 2.22 bits per heavy atom. The number of amides is 2. The number of nitrogens with one attached hydrogen (secondary N) is 3. The van der Waals surface area contributed by atoms with Crippen LogP contribution in [0, 0.1) is 0 Å². The predicted octanol–water partition coefficient (Wildman–Crippen LogP) is 3.53. The third-order valence-corrected chi connectivity index (χ3v) is 6.38. The van der Waals surface area contributed by atoms with Crippen LogP contribution in [-0.2, 0) is 25.8 Å². The molecule has 0 radical (unpaired) electrons. The summed E-state index contributed by atoms with van der Waals surface area (Å²) in [4.78, 5) is 23.2. The highest BCUT2D eigenvalue weighted by molar-refractivity contribution is 7.89. The lowest BCUT2D eigenvalue weighted by atomic mass is 10.1. The van der Waals surface area contributed by atoms with E-state index in [1.807, 2.05) is 52.6 Å². The fourth-order valence-electron chi connectivity index (χ4n) is 2.94. The average Bonchev–Trinajstić information content (AvgIpc) is 2.85. The van der Waals surface area contributed by atoms with Crippen LogP contribution in [0.2, 0.25) is 5.02 Å². The highest BCUT2D eigenvalue weighted by atomic mass is 35.5. The first-order chi connectivity index (χ1) is 17.0. The Morgan fingerprint density at radius 2 is 1.53 bits per heavy atom. The van der Waals surface area contributed by atoms with Gasteiger partial charge in [0.25, 0.3) is 11.8 Å². The molecule has 0 unspecified atom stereocenters. The largest absolute Gasteiger partial charge is 0.483 e. The molecule has 0 fully saturated rings. The molecule has 8 nitrogen and oxygen atoms in total. The number of hydrogen-bond donors (Lipinski definition) is 3. The Kier molecular flexibility index (Phi) is 8.56. The summed E-state index contributed by atoms with van der Waals surface area (Å²) in [5.41, 5.74) is 4.33. The molecule has 3 rings (SSSR count). The van der Waals surface area contributed by atoms with E-state index in [1.165, 1.54) is 0 Å². The monoisotopic (exact) mass is 541 g/mol. The Labute approximate surface area is 209 Å². The number of halogens is 4. The van der Waals surface area contributed by atoms with Crippen LogP contribution in [0.1, 0.15) is 5.56 Å². The van der Waals surface area contributed by atoms with Crippen LogP contribution in [0.25, 0.3) is 11.1 Å². The Balaban J connectivity index is 1.51. The van der Waals surface area contributed by atoms with Gasteiger partial charge >= 0.3 is 6.18 Å². The first-order valence-corrected chi connectivity index (χ1v) is 12.0. The second-order valence-corrected chi connectivity index (χ2v) is 9.39. The molecular formula is C23H19ClF3N3O5S. The molecule has 0 aromatic heterocycles. The van der Waals surface area contributed by atoms with Gasteiger partial charge in [-0.2, -0.15) is 13.2 Å². The number of alkyl halides is 3. The fraction of sp³-hybridized carbons (Fsp3) is 0.130. The number of rotatable bonds is 8. The molecular weight excluding hydrogens is 523 g/mol. The van der Waals surface area contributed by atoms with E-state index < -0.39 is 56.6 Å². The summed E-state index contributed by atoms with van der Waals surface area (Å²) in [6.07, 6.45) is -4.87. The number of sulfonamides is 1. The molecule has 2 amide bonds. The summed E-state index contributed by atoms with van der Waals surface area (Å²) in [6.45, 7) is -1.31. The Bertz CT molecular complexity index is 1350. The maximum absolute atomic E-state index is 13.0. The van der Waals surface area contributed by atoms with Gasteiger partial charge in [0.15, 0.2) is 6.61 Å². The zero-order chi connectivity index (χ0) is 26.3. The third-order valence-electron chi connectivity index (χ3n) is 4.65. The van der Waals surface area contributed by atoms with Crippen molar-refractivity contribution in [3.8, 4) is 16.9 Å². The first-order valence-electron chi connectivity index (χ1n) is 10.2.